The average molecular weight is 747 g/mol. The van der Waals surface area contributed by atoms with Gasteiger partial charge in [-0.3, -0.25) is 0 Å². The first-order chi connectivity index (χ1) is 28.2. The first-order valence-electron chi connectivity index (χ1n) is 19.0. The van der Waals surface area contributed by atoms with Gasteiger partial charge in [0.1, 0.15) is 11.2 Å². The summed E-state index contributed by atoms with van der Waals surface area (Å²) in [6.07, 6.45) is 0. The molecule has 12 rings (SSSR count). The Morgan fingerprint density at radius 3 is 1.68 bits per heavy atom. The van der Waals surface area contributed by atoms with Gasteiger partial charge in [-0.15, -0.1) is 11.3 Å². The Labute approximate surface area is 330 Å². The van der Waals surface area contributed by atoms with Gasteiger partial charge in [0.2, 0.25) is 0 Å². The van der Waals surface area contributed by atoms with Crippen molar-refractivity contribution >= 4 is 75.3 Å². The molecule has 4 aromatic heterocycles. The summed E-state index contributed by atoms with van der Waals surface area (Å²) >= 11 is 1.86. The molecular formula is C51H30N4OS. The third kappa shape index (κ3) is 5.04. The van der Waals surface area contributed by atoms with Crippen molar-refractivity contribution in [3.8, 4) is 51.0 Å². The standard InChI is InChI=1S/C51H30N4OS/c1-3-13-31(14-4-1)49-52-50(32-15-5-2-6-16-32)54-51(53-49)40-20-12-24-44-47(40)39-28-26-33(29-45(39)56-44)34-25-27-37-38-19-11-23-43(48(38)57-46(37)30-34)55-41-21-9-7-17-35(41)36-18-8-10-22-42(36)55/h1-30H. The van der Waals surface area contributed by atoms with E-state index < -0.39 is 0 Å². The summed E-state index contributed by atoms with van der Waals surface area (Å²) in [5.74, 6) is 1.87. The SMILES string of the molecule is c1ccc(-c2nc(-c3ccccc3)nc(-c3cccc4oc5cc(-c6ccc7c(c6)sc6c(-n8c9ccccc9c9ccccc98)cccc67)ccc5c34)n2)cc1. The molecule has 266 valence electrons. The maximum Gasteiger partial charge on any atom is 0.164 e. The molecule has 0 radical (unpaired) electrons. The van der Waals surface area contributed by atoms with Crippen LogP contribution in [0.25, 0.3) is 115 Å². The number of benzene rings is 8. The van der Waals surface area contributed by atoms with Crippen molar-refractivity contribution in [1.29, 1.82) is 0 Å². The van der Waals surface area contributed by atoms with Gasteiger partial charge < -0.3 is 8.98 Å². The molecule has 12 aromatic rings. The Morgan fingerprint density at radius 1 is 0.404 bits per heavy atom. The molecule has 8 aromatic carbocycles. The molecule has 5 nitrogen and oxygen atoms in total. The van der Waals surface area contributed by atoms with E-state index in [1.165, 1.54) is 47.7 Å². The smallest absolute Gasteiger partial charge is 0.164 e. The predicted octanol–water partition coefficient (Wildman–Crippen LogP) is 13.9. The van der Waals surface area contributed by atoms with Gasteiger partial charge >= 0.3 is 0 Å². The molecule has 0 saturated heterocycles. The van der Waals surface area contributed by atoms with Crippen LogP contribution < -0.4 is 0 Å². The molecule has 0 aliphatic rings. The van der Waals surface area contributed by atoms with Crippen LogP contribution in [0.3, 0.4) is 0 Å². The van der Waals surface area contributed by atoms with Crippen molar-refractivity contribution in [3.63, 3.8) is 0 Å². The van der Waals surface area contributed by atoms with Crippen molar-refractivity contribution in [2.75, 3.05) is 0 Å². The zero-order valence-corrected chi connectivity index (χ0v) is 31.2. The summed E-state index contributed by atoms with van der Waals surface area (Å²) in [5, 5.41) is 7.07. The summed E-state index contributed by atoms with van der Waals surface area (Å²) in [7, 11) is 0. The zero-order valence-electron chi connectivity index (χ0n) is 30.4. The molecule has 0 fully saturated rings. The van der Waals surface area contributed by atoms with E-state index in [1.807, 2.05) is 84.1 Å². The lowest BCUT2D eigenvalue weighted by atomic mass is 10.0. The second kappa shape index (κ2) is 12.6. The summed E-state index contributed by atoms with van der Waals surface area (Å²) in [5.41, 5.74) is 10.3. The van der Waals surface area contributed by atoms with Crippen molar-refractivity contribution in [2.24, 2.45) is 0 Å². The highest BCUT2D eigenvalue weighted by Crippen LogP contribution is 2.43. The van der Waals surface area contributed by atoms with Crippen LogP contribution >= 0.6 is 11.3 Å². The molecule has 0 saturated carbocycles. The molecule has 6 heteroatoms. The number of furan rings is 1. The zero-order chi connectivity index (χ0) is 37.5. The number of hydrogen-bond acceptors (Lipinski definition) is 5. The topological polar surface area (TPSA) is 56.7 Å². The third-order valence-electron chi connectivity index (χ3n) is 11.1. The van der Waals surface area contributed by atoms with E-state index in [9.17, 15) is 0 Å². The number of hydrogen-bond donors (Lipinski definition) is 0. The molecule has 0 spiro atoms. The van der Waals surface area contributed by atoms with Gasteiger partial charge in [-0.1, -0.05) is 140 Å². The molecule has 4 heterocycles. The normalized spacial score (nSPS) is 11.9. The number of nitrogens with zero attached hydrogens (tertiary/aromatic N) is 4. The first kappa shape index (κ1) is 31.9. The lowest BCUT2D eigenvalue weighted by Gasteiger charge is -2.09. The fourth-order valence-electron chi connectivity index (χ4n) is 8.44. The Kier molecular flexibility index (Phi) is 7.03. The minimum absolute atomic E-state index is 0.607. The minimum atomic E-state index is 0.607. The molecule has 0 N–H and O–H groups in total. The van der Waals surface area contributed by atoms with Gasteiger partial charge in [0.05, 0.1) is 21.4 Å². The number of aromatic nitrogens is 4. The van der Waals surface area contributed by atoms with Gasteiger partial charge in [-0.2, -0.15) is 0 Å². The maximum atomic E-state index is 6.60. The second-order valence-corrected chi connectivity index (χ2v) is 15.4. The Hall–Kier alpha value is -7.41. The summed E-state index contributed by atoms with van der Waals surface area (Å²) in [4.78, 5) is 15.0. The van der Waals surface area contributed by atoms with Gasteiger partial charge in [0.25, 0.3) is 0 Å². The van der Waals surface area contributed by atoms with Crippen LogP contribution in [0.2, 0.25) is 0 Å². The van der Waals surface area contributed by atoms with Gasteiger partial charge in [0.15, 0.2) is 17.5 Å². The monoisotopic (exact) mass is 746 g/mol. The van der Waals surface area contributed by atoms with E-state index in [0.29, 0.717) is 17.5 Å². The largest absolute Gasteiger partial charge is 0.456 e. The van der Waals surface area contributed by atoms with E-state index >= 15 is 0 Å². The van der Waals surface area contributed by atoms with Crippen molar-refractivity contribution in [3.05, 3.63) is 182 Å². The van der Waals surface area contributed by atoms with Crippen LogP contribution in [0, 0.1) is 0 Å². The summed E-state index contributed by atoms with van der Waals surface area (Å²) < 4.78 is 11.6. The van der Waals surface area contributed by atoms with Crippen LogP contribution in [-0.4, -0.2) is 19.5 Å². The fourth-order valence-corrected chi connectivity index (χ4v) is 9.69. The Balaban J connectivity index is 0.982. The van der Waals surface area contributed by atoms with Crippen LogP contribution in [-0.2, 0) is 0 Å². The Morgan fingerprint density at radius 2 is 0.982 bits per heavy atom. The summed E-state index contributed by atoms with van der Waals surface area (Å²) in [6.45, 7) is 0. The molecule has 0 unspecified atom stereocenters. The third-order valence-corrected chi connectivity index (χ3v) is 12.3. The van der Waals surface area contributed by atoms with Gasteiger partial charge in [0, 0.05) is 53.7 Å². The average Bonchev–Trinajstić information content (AvgIpc) is 3.96. The van der Waals surface area contributed by atoms with Crippen LogP contribution in [0.15, 0.2) is 186 Å². The highest BCUT2D eigenvalue weighted by atomic mass is 32.1. The Bertz CT molecular complexity index is 3420. The number of fused-ring (bicyclic) bond motifs is 9. The number of para-hydroxylation sites is 2. The molecular weight excluding hydrogens is 717 g/mol. The van der Waals surface area contributed by atoms with Gasteiger partial charge in [-0.25, -0.2) is 15.0 Å². The number of thiophene rings is 1. The lowest BCUT2D eigenvalue weighted by molar-refractivity contribution is 0.669. The molecule has 0 amide bonds. The number of rotatable bonds is 5. The molecule has 0 bridgehead atoms. The first-order valence-corrected chi connectivity index (χ1v) is 19.8. The van der Waals surface area contributed by atoms with E-state index in [-0.39, 0.29) is 0 Å². The van der Waals surface area contributed by atoms with Gasteiger partial charge in [-0.05, 0) is 53.6 Å². The van der Waals surface area contributed by atoms with E-state index in [0.717, 1.165) is 49.8 Å². The lowest BCUT2D eigenvalue weighted by Crippen LogP contribution is -2.00. The highest BCUT2D eigenvalue weighted by molar-refractivity contribution is 7.26. The quantitative estimate of drug-likeness (QED) is 0.176. The molecule has 0 aliphatic carbocycles. The fraction of sp³-hybridized carbons (Fsp3) is 0. The second-order valence-electron chi connectivity index (χ2n) is 14.4. The van der Waals surface area contributed by atoms with Crippen LogP contribution in [0.1, 0.15) is 0 Å². The van der Waals surface area contributed by atoms with Crippen molar-refractivity contribution in [2.45, 2.75) is 0 Å². The molecule has 0 aliphatic heterocycles. The van der Waals surface area contributed by atoms with E-state index in [1.54, 1.807) is 0 Å². The predicted molar refractivity (Wildman–Crippen MR) is 236 cm³/mol. The van der Waals surface area contributed by atoms with Crippen LogP contribution in [0.4, 0.5) is 0 Å². The maximum absolute atomic E-state index is 6.60. The summed E-state index contributed by atoms with van der Waals surface area (Å²) in [6, 6.07) is 63.7. The minimum Gasteiger partial charge on any atom is -0.456 e. The van der Waals surface area contributed by atoms with E-state index in [4.69, 9.17) is 19.4 Å². The van der Waals surface area contributed by atoms with Crippen molar-refractivity contribution in [1.82, 2.24) is 19.5 Å². The molecule has 57 heavy (non-hydrogen) atoms. The van der Waals surface area contributed by atoms with Crippen molar-refractivity contribution < 1.29 is 4.42 Å². The molecule has 0 atom stereocenters. The van der Waals surface area contributed by atoms with E-state index in [2.05, 4.69) is 114 Å². The highest BCUT2D eigenvalue weighted by Gasteiger charge is 2.20. The van der Waals surface area contributed by atoms with Crippen LogP contribution in [0.5, 0.6) is 0 Å².